The molecular weight excluding hydrogens is 287 g/mol. The van der Waals surface area contributed by atoms with E-state index < -0.39 is 33.7 Å². The molecule has 0 saturated carbocycles. The van der Waals surface area contributed by atoms with Crippen LogP contribution in [0.5, 0.6) is 5.75 Å². The Kier molecular flexibility index (Phi) is 2.93. The van der Waals surface area contributed by atoms with Crippen LogP contribution in [0.1, 0.15) is 25.0 Å². The van der Waals surface area contributed by atoms with Crippen LogP contribution >= 0.6 is 11.6 Å². The van der Waals surface area contributed by atoms with Gasteiger partial charge in [0, 0.05) is 18.1 Å². The quantitative estimate of drug-likeness (QED) is 0.581. The van der Waals surface area contributed by atoms with Gasteiger partial charge < -0.3 is 4.74 Å². The van der Waals surface area contributed by atoms with Gasteiger partial charge in [-0.1, -0.05) is 11.6 Å². The topological polar surface area (TPSA) is 52.4 Å². The molecule has 104 valence electrons. The summed E-state index contributed by atoms with van der Waals surface area (Å²) in [6.45, 7) is 3.19. The number of ether oxygens (including phenoxy) is 1. The fraction of sp³-hybridized carbons (Fsp3) is 0.455. The van der Waals surface area contributed by atoms with Crippen molar-refractivity contribution in [2.45, 2.75) is 32.0 Å². The number of halogens is 4. The van der Waals surface area contributed by atoms with Gasteiger partial charge in [0.15, 0.2) is 0 Å². The van der Waals surface area contributed by atoms with Crippen molar-refractivity contribution in [2.75, 3.05) is 0 Å². The van der Waals surface area contributed by atoms with Gasteiger partial charge in [0.2, 0.25) is 0 Å². The monoisotopic (exact) mass is 295 g/mol. The molecule has 8 heteroatoms. The number of alkyl halides is 3. The molecule has 0 aliphatic carbocycles. The number of fused-ring (bicyclic) bond motifs is 1. The average Bonchev–Trinajstić information content (AvgIpc) is 2.52. The van der Waals surface area contributed by atoms with Crippen LogP contribution in [0, 0.1) is 10.1 Å². The molecule has 0 radical (unpaired) electrons. The second-order valence-corrected chi connectivity index (χ2v) is 5.24. The Morgan fingerprint density at radius 1 is 1.47 bits per heavy atom. The Morgan fingerprint density at radius 2 is 2.05 bits per heavy atom. The van der Waals surface area contributed by atoms with E-state index in [1.807, 2.05) is 0 Å². The molecule has 1 aliphatic rings. The van der Waals surface area contributed by atoms with Crippen molar-refractivity contribution < 1.29 is 22.8 Å². The third-order valence-corrected chi connectivity index (χ3v) is 3.19. The fourth-order valence-electron chi connectivity index (χ4n) is 2.04. The molecule has 0 amide bonds. The Labute approximate surface area is 111 Å². The van der Waals surface area contributed by atoms with Crippen LogP contribution in [0.4, 0.5) is 18.9 Å². The summed E-state index contributed by atoms with van der Waals surface area (Å²) in [4.78, 5) is 9.85. The molecule has 4 nitrogen and oxygen atoms in total. The first-order chi connectivity index (χ1) is 8.53. The number of benzene rings is 1. The van der Waals surface area contributed by atoms with E-state index >= 15 is 0 Å². The maximum absolute atomic E-state index is 12.9. The van der Waals surface area contributed by atoms with Crippen LogP contribution in [-0.4, -0.2) is 10.5 Å². The number of nitrogens with zero attached hydrogens (tertiary/aromatic N) is 1. The standard InChI is InChI=1S/C11H9ClF3NO3/c1-10(2)4-5-8(12)7(16(17)18)3-6(9(5)19-10)11(13,14)15/h3H,4H2,1-2H3. The summed E-state index contributed by atoms with van der Waals surface area (Å²) in [6.07, 6.45) is -4.65. The van der Waals surface area contributed by atoms with Gasteiger partial charge in [0.25, 0.3) is 5.69 Å². The fourth-order valence-corrected chi connectivity index (χ4v) is 2.31. The van der Waals surface area contributed by atoms with Crippen LogP contribution in [-0.2, 0) is 12.6 Å². The van der Waals surface area contributed by atoms with Crippen LogP contribution in [0.3, 0.4) is 0 Å². The minimum absolute atomic E-state index is 0.0354. The minimum atomic E-state index is -4.74. The zero-order valence-corrected chi connectivity index (χ0v) is 10.7. The molecule has 1 heterocycles. The van der Waals surface area contributed by atoms with Gasteiger partial charge in [-0.3, -0.25) is 10.1 Å². The number of nitro benzene ring substituents is 1. The van der Waals surface area contributed by atoms with Crippen molar-refractivity contribution in [2.24, 2.45) is 0 Å². The molecule has 19 heavy (non-hydrogen) atoms. The molecule has 0 atom stereocenters. The van der Waals surface area contributed by atoms with Gasteiger partial charge >= 0.3 is 6.18 Å². The Balaban J connectivity index is 2.75. The van der Waals surface area contributed by atoms with Crippen molar-refractivity contribution in [1.82, 2.24) is 0 Å². The summed E-state index contributed by atoms with van der Waals surface area (Å²) >= 11 is 5.81. The van der Waals surface area contributed by atoms with E-state index in [1.54, 1.807) is 13.8 Å². The summed E-state index contributed by atoms with van der Waals surface area (Å²) in [5.74, 6) is -0.409. The molecular formula is C11H9ClF3NO3. The van der Waals surface area contributed by atoms with E-state index in [9.17, 15) is 23.3 Å². The average molecular weight is 296 g/mol. The normalized spacial score (nSPS) is 16.9. The highest BCUT2D eigenvalue weighted by Gasteiger charge is 2.44. The first kappa shape index (κ1) is 13.9. The Bertz CT molecular complexity index is 569. The molecule has 0 unspecified atom stereocenters. The van der Waals surface area contributed by atoms with E-state index in [2.05, 4.69) is 0 Å². The van der Waals surface area contributed by atoms with Gasteiger partial charge in [-0.2, -0.15) is 13.2 Å². The van der Waals surface area contributed by atoms with E-state index in [0.29, 0.717) is 6.07 Å². The molecule has 0 saturated heterocycles. The predicted octanol–water partition coefficient (Wildman–Crippen LogP) is 3.98. The van der Waals surface area contributed by atoms with Crippen molar-refractivity contribution in [3.05, 3.63) is 32.3 Å². The van der Waals surface area contributed by atoms with Crippen molar-refractivity contribution in [3.8, 4) is 5.75 Å². The van der Waals surface area contributed by atoms with Gasteiger partial charge in [-0.05, 0) is 13.8 Å². The van der Waals surface area contributed by atoms with Crippen molar-refractivity contribution in [3.63, 3.8) is 0 Å². The lowest BCUT2D eigenvalue weighted by Crippen LogP contribution is -2.25. The summed E-state index contributed by atoms with van der Waals surface area (Å²) < 4.78 is 44.0. The highest BCUT2D eigenvalue weighted by Crippen LogP contribution is 2.50. The van der Waals surface area contributed by atoms with E-state index in [1.165, 1.54) is 0 Å². The molecule has 0 N–H and O–H groups in total. The van der Waals surface area contributed by atoms with Crippen molar-refractivity contribution >= 4 is 17.3 Å². The van der Waals surface area contributed by atoms with Crippen LogP contribution in [0.2, 0.25) is 5.02 Å². The molecule has 0 aromatic heterocycles. The lowest BCUT2D eigenvalue weighted by Gasteiger charge is -2.18. The number of rotatable bonds is 1. The van der Waals surface area contributed by atoms with Crippen LogP contribution in [0.15, 0.2) is 6.07 Å². The number of hydrogen-bond acceptors (Lipinski definition) is 3. The van der Waals surface area contributed by atoms with E-state index in [0.717, 1.165) is 0 Å². The largest absolute Gasteiger partial charge is 0.487 e. The van der Waals surface area contributed by atoms with Gasteiger partial charge in [0.1, 0.15) is 21.9 Å². The SMILES string of the molecule is CC1(C)Cc2c(Cl)c([N+](=O)[O-])cc(C(F)(F)F)c2O1. The number of nitro groups is 1. The smallest absolute Gasteiger partial charge is 0.420 e. The van der Waals surface area contributed by atoms with Gasteiger partial charge in [-0.25, -0.2) is 0 Å². The molecule has 2 rings (SSSR count). The molecule has 1 aromatic rings. The predicted molar refractivity (Wildman–Crippen MR) is 61.5 cm³/mol. The third-order valence-electron chi connectivity index (χ3n) is 2.77. The first-order valence-corrected chi connectivity index (χ1v) is 5.67. The minimum Gasteiger partial charge on any atom is -0.487 e. The molecule has 1 aromatic carbocycles. The molecule has 1 aliphatic heterocycles. The Morgan fingerprint density at radius 3 is 2.53 bits per heavy atom. The summed E-state index contributed by atoms with van der Waals surface area (Å²) in [5.41, 5.74) is -2.76. The van der Waals surface area contributed by atoms with Gasteiger partial charge in [-0.15, -0.1) is 0 Å². The first-order valence-electron chi connectivity index (χ1n) is 5.29. The number of hydrogen-bond donors (Lipinski definition) is 0. The zero-order chi connectivity index (χ0) is 14.6. The van der Waals surface area contributed by atoms with E-state index in [-0.39, 0.29) is 17.0 Å². The van der Waals surface area contributed by atoms with Crippen molar-refractivity contribution in [1.29, 1.82) is 0 Å². The molecule has 0 bridgehead atoms. The van der Waals surface area contributed by atoms with Crippen LogP contribution < -0.4 is 4.74 Å². The maximum atomic E-state index is 12.9. The van der Waals surface area contributed by atoms with Gasteiger partial charge in [0.05, 0.1) is 4.92 Å². The molecule has 0 fully saturated rings. The third kappa shape index (κ3) is 2.34. The highest BCUT2D eigenvalue weighted by atomic mass is 35.5. The van der Waals surface area contributed by atoms with Crippen LogP contribution in [0.25, 0.3) is 0 Å². The summed E-state index contributed by atoms with van der Waals surface area (Å²) in [7, 11) is 0. The summed E-state index contributed by atoms with van der Waals surface area (Å²) in [6, 6.07) is 0.419. The summed E-state index contributed by atoms with van der Waals surface area (Å²) in [5, 5.41) is 10.5. The second-order valence-electron chi connectivity index (χ2n) is 4.86. The zero-order valence-electron chi connectivity index (χ0n) is 9.97. The lowest BCUT2D eigenvalue weighted by molar-refractivity contribution is -0.385. The maximum Gasteiger partial charge on any atom is 0.420 e. The van der Waals surface area contributed by atoms with E-state index in [4.69, 9.17) is 16.3 Å². The highest BCUT2D eigenvalue weighted by molar-refractivity contribution is 6.33. The second kappa shape index (κ2) is 4.00. The molecule has 0 spiro atoms. The lowest BCUT2D eigenvalue weighted by atomic mass is 9.99. The Hall–Kier alpha value is -1.50.